The zero-order valence-electron chi connectivity index (χ0n) is 17.0. The number of ether oxygens (including phenoxy) is 1. The van der Waals surface area contributed by atoms with E-state index in [0.29, 0.717) is 19.7 Å². The molecular weight excluding hydrogens is 352 g/mol. The van der Waals surface area contributed by atoms with Gasteiger partial charge in [0.05, 0.1) is 17.8 Å². The van der Waals surface area contributed by atoms with Crippen LogP contribution in [0.5, 0.6) is 0 Å². The fourth-order valence-corrected chi connectivity index (χ4v) is 5.07. The summed E-state index contributed by atoms with van der Waals surface area (Å²) in [6.07, 6.45) is 2.17. The zero-order valence-corrected chi connectivity index (χ0v) is 17.0. The smallest absolute Gasteiger partial charge is 0.255 e. The van der Waals surface area contributed by atoms with Crippen molar-refractivity contribution in [1.82, 2.24) is 9.47 Å². The second kappa shape index (κ2) is 7.37. The molecule has 1 N–H and O–H groups in total. The predicted octanol–water partition coefficient (Wildman–Crippen LogP) is 3.49. The van der Waals surface area contributed by atoms with E-state index in [-0.39, 0.29) is 23.5 Å². The summed E-state index contributed by atoms with van der Waals surface area (Å²) in [6.45, 7) is 8.08. The SMILES string of the molecule is CCO[C@H]1C[C@@H](O)C12CCN(C(=O)c1cc(C)n(-c3ccccc3)c1C)CC2. The first-order valence-electron chi connectivity index (χ1n) is 10.3. The highest BCUT2D eigenvalue weighted by Crippen LogP contribution is 2.51. The molecule has 1 saturated heterocycles. The topological polar surface area (TPSA) is 54.7 Å². The lowest BCUT2D eigenvalue weighted by atomic mass is 9.58. The summed E-state index contributed by atoms with van der Waals surface area (Å²) in [5.74, 6) is 0.0897. The molecule has 1 amide bonds. The van der Waals surface area contributed by atoms with Crippen LogP contribution in [0.1, 0.15) is 47.9 Å². The van der Waals surface area contributed by atoms with Crippen LogP contribution in [-0.4, -0.2) is 52.4 Å². The van der Waals surface area contributed by atoms with Gasteiger partial charge >= 0.3 is 0 Å². The standard InChI is InChI=1S/C23H30N2O3/c1-4-28-21-15-20(26)23(21)10-12-24(13-11-23)22(27)19-14-16(2)25(17(19)3)18-8-6-5-7-9-18/h5-9,14,20-21,26H,4,10-13,15H2,1-3H3/t20-,21+/m1/s1. The molecule has 2 atom stereocenters. The van der Waals surface area contributed by atoms with E-state index >= 15 is 0 Å². The predicted molar refractivity (Wildman–Crippen MR) is 109 cm³/mol. The van der Waals surface area contributed by atoms with Gasteiger partial charge in [0, 0.05) is 48.6 Å². The number of hydrogen-bond acceptors (Lipinski definition) is 3. The van der Waals surface area contributed by atoms with Gasteiger partial charge in [0.2, 0.25) is 0 Å². The Morgan fingerprint density at radius 2 is 1.89 bits per heavy atom. The molecule has 2 fully saturated rings. The number of carbonyl (C=O) groups is 1. The number of para-hydroxylation sites is 1. The molecule has 28 heavy (non-hydrogen) atoms. The number of aryl methyl sites for hydroxylation is 1. The van der Waals surface area contributed by atoms with Crippen LogP contribution < -0.4 is 0 Å². The lowest BCUT2D eigenvalue weighted by Crippen LogP contribution is -2.62. The minimum absolute atomic E-state index is 0.0897. The molecule has 2 aromatic rings. The average Bonchev–Trinajstić information content (AvgIpc) is 3.02. The van der Waals surface area contributed by atoms with Gasteiger partial charge in [-0.1, -0.05) is 18.2 Å². The molecule has 5 nitrogen and oxygen atoms in total. The van der Waals surface area contributed by atoms with E-state index in [1.165, 1.54) is 0 Å². The van der Waals surface area contributed by atoms with E-state index in [1.807, 2.05) is 49.9 Å². The van der Waals surface area contributed by atoms with Crippen LogP contribution >= 0.6 is 0 Å². The van der Waals surface area contributed by atoms with Crippen molar-refractivity contribution in [2.24, 2.45) is 5.41 Å². The van der Waals surface area contributed by atoms with Gasteiger partial charge in [-0.2, -0.15) is 0 Å². The first-order chi connectivity index (χ1) is 13.5. The van der Waals surface area contributed by atoms with Crippen molar-refractivity contribution >= 4 is 5.91 Å². The van der Waals surface area contributed by atoms with Crippen molar-refractivity contribution in [2.45, 2.75) is 52.2 Å². The highest BCUT2D eigenvalue weighted by molar-refractivity contribution is 5.96. The van der Waals surface area contributed by atoms with Crippen LogP contribution in [0, 0.1) is 19.3 Å². The lowest BCUT2D eigenvalue weighted by molar-refractivity contribution is -0.207. The summed E-state index contributed by atoms with van der Waals surface area (Å²) >= 11 is 0. The molecule has 0 bridgehead atoms. The Bertz CT molecular complexity index is 848. The summed E-state index contributed by atoms with van der Waals surface area (Å²) in [7, 11) is 0. The number of aliphatic hydroxyl groups is 1. The summed E-state index contributed by atoms with van der Waals surface area (Å²) in [5, 5.41) is 10.4. The largest absolute Gasteiger partial charge is 0.392 e. The molecule has 1 aliphatic carbocycles. The van der Waals surface area contributed by atoms with E-state index in [9.17, 15) is 9.90 Å². The molecular formula is C23H30N2O3. The second-order valence-corrected chi connectivity index (χ2v) is 8.18. The Hall–Kier alpha value is -2.11. The molecule has 150 valence electrons. The highest BCUT2D eigenvalue weighted by atomic mass is 16.5. The molecule has 1 aromatic carbocycles. The highest BCUT2D eigenvalue weighted by Gasteiger charge is 2.56. The average molecular weight is 383 g/mol. The van der Waals surface area contributed by atoms with Crippen molar-refractivity contribution in [1.29, 1.82) is 0 Å². The zero-order chi connectivity index (χ0) is 19.9. The third-order valence-corrected chi connectivity index (χ3v) is 6.77. The van der Waals surface area contributed by atoms with Crippen molar-refractivity contribution in [3.63, 3.8) is 0 Å². The third kappa shape index (κ3) is 2.97. The van der Waals surface area contributed by atoms with E-state index in [1.54, 1.807) is 0 Å². The molecule has 5 heteroatoms. The Kier molecular flexibility index (Phi) is 5.06. The first-order valence-corrected chi connectivity index (χ1v) is 10.3. The number of amides is 1. The van der Waals surface area contributed by atoms with Crippen LogP contribution in [0.4, 0.5) is 0 Å². The van der Waals surface area contributed by atoms with E-state index in [2.05, 4.69) is 16.7 Å². The number of likely N-dealkylation sites (tertiary alicyclic amines) is 1. The van der Waals surface area contributed by atoms with Gasteiger partial charge in [0.25, 0.3) is 5.91 Å². The van der Waals surface area contributed by atoms with E-state index in [4.69, 9.17) is 4.74 Å². The Morgan fingerprint density at radius 1 is 1.21 bits per heavy atom. The molecule has 0 radical (unpaired) electrons. The van der Waals surface area contributed by atoms with Gasteiger partial charge in [-0.05, 0) is 51.8 Å². The molecule has 2 aliphatic rings. The lowest BCUT2D eigenvalue weighted by Gasteiger charge is -2.56. The summed E-state index contributed by atoms with van der Waals surface area (Å²) < 4.78 is 7.98. The van der Waals surface area contributed by atoms with Crippen LogP contribution in [0.15, 0.2) is 36.4 Å². The normalized spacial score (nSPS) is 23.6. The molecule has 1 aromatic heterocycles. The summed E-state index contributed by atoms with van der Waals surface area (Å²) in [5.41, 5.74) is 3.73. The Morgan fingerprint density at radius 3 is 2.50 bits per heavy atom. The number of nitrogens with zero attached hydrogens (tertiary/aromatic N) is 2. The number of piperidine rings is 1. The third-order valence-electron chi connectivity index (χ3n) is 6.77. The Balaban J connectivity index is 1.51. The van der Waals surface area contributed by atoms with Crippen molar-refractivity contribution in [2.75, 3.05) is 19.7 Å². The van der Waals surface area contributed by atoms with Crippen LogP contribution in [0.2, 0.25) is 0 Å². The summed E-state index contributed by atoms with van der Waals surface area (Å²) in [4.78, 5) is 15.2. The molecule has 0 unspecified atom stereocenters. The monoisotopic (exact) mass is 382 g/mol. The molecule has 1 spiro atoms. The minimum atomic E-state index is -0.301. The van der Waals surface area contributed by atoms with Crippen LogP contribution in [0.25, 0.3) is 5.69 Å². The number of carbonyl (C=O) groups excluding carboxylic acids is 1. The van der Waals surface area contributed by atoms with Crippen molar-refractivity contribution in [3.8, 4) is 5.69 Å². The van der Waals surface area contributed by atoms with Crippen molar-refractivity contribution in [3.05, 3.63) is 53.3 Å². The number of hydrogen-bond donors (Lipinski definition) is 1. The summed E-state index contributed by atoms with van der Waals surface area (Å²) in [6, 6.07) is 12.1. The number of aliphatic hydroxyl groups excluding tert-OH is 1. The Labute approximate surface area is 166 Å². The van der Waals surface area contributed by atoms with Crippen LogP contribution in [-0.2, 0) is 4.74 Å². The van der Waals surface area contributed by atoms with Gasteiger partial charge in [0.1, 0.15) is 0 Å². The van der Waals surface area contributed by atoms with Gasteiger partial charge < -0.3 is 19.3 Å². The minimum Gasteiger partial charge on any atom is -0.392 e. The van der Waals surface area contributed by atoms with E-state index < -0.39 is 0 Å². The maximum absolute atomic E-state index is 13.2. The van der Waals surface area contributed by atoms with Crippen molar-refractivity contribution < 1.29 is 14.6 Å². The molecule has 1 aliphatic heterocycles. The second-order valence-electron chi connectivity index (χ2n) is 8.18. The fraction of sp³-hybridized carbons (Fsp3) is 0.522. The van der Waals surface area contributed by atoms with Gasteiger partial charge in [-0.15, -0.1) is 0 Å². The van der Waals surface area contributed by atoms with Gasteiger partial charge in [-0.3, -0.25) is 4.79 Å². The maximum atomic E-state index is 13.2. The quantitative estimate of drug-likeness (QED) is 0.881. The first kappa shape index (κ1) is 19.2. The van der Waals surface area contributed by atoms with E-state index in [0.717, 1.165) is 41.9 Å². The number of aromatic nitrogens is 1. The fourth-order valence-electron chi connectivity index (χ4n) is 5.07. The molecule has 2 heterocycles. The molecule has 1 saturated carbocycles. The molecule has 4 rings (SSSR count). The van der Waals surface area contributed by atoms with Gasteiger partial charge in [0.15, 0.2) is 0 Å². The number of benzene rings is 1. The number of rotatable bonds is 4. The maximum Gasteiger partial charge on any atom is 0.255 e. The van der Waals surface area contributed by atoms with Crippen LogP contribution in [0.3, 0.4) is 0 Å². The van der Waals surface area contributed by atoms with Gasteiger partial charge in [-0.25, -0.2) is 0 Å².